The van der Waals surface area contributed by atoms with Crippen LogP contribution in [0.3, 0.4) is 0 Å². The number of pyridine rings is 1. The third kappa shape index (κ3) is 5.71. The topological polar surface area (TPSA) is 109 Å². The predicted molar refractivity (Wildman–Crippen MR) is 72.9 cm³/mol. The van der Waals surface area contributed by atoms with E-state index in [9.17, 15) is 9.59 Å². The first-order valence-corrected chi connectivity index (χ1v) is 6.15. The Kier molecular flexibility index (Phi) is 6.14. The van der Waals surface area contributed by atoms with E-state index in [1.54, 1.807) is 18.3 Å². The van der Waals surface area contributed by atoms with Gasteiger partial charge in [0.15, 0.2) is 0 Å². The zero-order valence-corrected chi connectivity index (χ0v) is 10.9. The average Bonchev–Trinajstić information content (AvgIpc) is 2.41. The van der Waals surface area contributed by atoms with Gasteiger partial charge in [-0.1, -0.05) is 6.92 Å². The van der Waals surface area contributed by atoms with E-state index in [0.717, 1.165) is 18.7 Å². The smallest absolute Gasteiger partial charge is 0.312 e. The van der Waals surface area contributed by atoms with Crippen molar-refractivity contribution in [3.05, 3.63) is 24.0 Å². The SMILES string of the molecule is CCCNc1ccc(C(=O)NCCNC(N)=O)nc1. The lowest BCUT2D eigenvalue weighted by Crippen LogP contribution is -2.37. The van der Waals surface area contributed by atoms with Crippen LogP contribution in [0.1, 0.15) is 23.8 Å². The van der Waals surface area contributed by atoms with Crippen LogP contribution in [-0.4, -0.2) is 36.6 Å². The lowest BCUT2D eigenvalue weighted by Gasteiger charge is -2.07. The van der Waals surface area contributed by atoms with Crippen molar-refractivity contribution in [3.63, 3.8) is 0 Å². The number of primary amides is 1. The molecule has 0 fully saturated rings. The molecule has 0 radical (unpaired) electrons. The normalized spacial score (nSPS) is 9.74. The first-order chi connectivity index (χ1) is 9.13. The zero-order chi connectivity index (χ0) is 14.1. The van der Waals surface area contributed by atoms with Gasteiger partial charge >= 0.3 is 6.03 Å². The summed E-state index contributed by atoms with van der Waals surface area (Å²) in [5.41, 5.74) is 6.11. The number of anilines is 1. The summed E-state index contributed by atoms with van der Waals surface area (Å²) in [6.07, 6.45) is 2.64. The lowest BCUT2D eigenvalue weighted by atomic mass is 10.3. The van der Waals surface area contributed by atoms with Crippen molar-refractivity contribution in [1.29, 1.82) is 0 Å². The lowest BCUT2D eigenvalue weighted by molar-refractivity contribution is 0.0949. The van der Waals surface area contributed by atoms with Crippen molar-refractivity contribution in [3.8, 4) is 0 Å². The number of nitrogens with one attached hydrogen (secondary N) is 3. The molecule has 7 heteroatoms. The highest BCUT2D eigenvalue weighted by Gasteiger charge is 2.06. The fraction of sp³-hybridized carbons (Fsp3) is 0.417. The van der Waals surface area contributed by atoms with Gasteiger partial charge in [-0.15, -0.1) is 0 Å². The molecule has 0 bridgehead atoms. The summed E-state index contributed by atoms with van der Waals surface area (Å²) in [4.78, 5) is 26.2. The molecule has 0 aromatic carbocycles. The van der Waals surface area contributed by atoms with Crippen LogP contribution in [0.4, 0.5) is 10.5 Å². The van der Waals surface area contributed by atoms with E-state index in [1.807, 2.05) is 0 Å². The molecule has 0 saturated carbocycles. The van der Waals surface area contributed by atoms with Crippen LogP contribution in [-0.2, 0) is 0 Å². The molecule has 0 atom stereocenters. The number of nitrogens with zero attached hydrogens (tertiary/aromatic N) is 1. The Morgan fingerprint density at radius 3 is 2.53 bits per heavy atom. The van der Waals surface area contributed by atoms with Crippen molar-refractivity contribution in [2.75, 3.05) is 25.0 Å². The molecule has 0 aliphatic carbocycles. The highest BCUT2D eigenvalue weighted by molar-refractivity contribution is 5.92. The number of hydrogen-bond donors (Lipinski definition) is 4. The molecule has 19 heavy (non-hydrogen) atoms. The van der Waals surface area contributed by atoms with Gasteiger partial charge in [0, 0.05) is 19.6 Å². The summed E-state index contributed by atoms with van der Waals surface area (Å²) >= 11 is 0. The second-order valence-corrected chi connectivity index (χ2v) is 3.91. The number of urea groups is 1. The molecule has 1 rings (SSSR count). The van der Waals surface area contributed by atoms with Gasteiger partial charge in [-0.05, 0) is 18.6 Å². The van der Waals surface area contributed by atoms with Crippen LogP contribution in [0.5, 0.6) is 0 Å². The van der Waals surface area contributed by atoms with Gasteiger partial charge in [0.05, 0.1) is 11.9 Å². The van der Waals surface area contributed by atoms with Crippen molar-refractivity contribution in [2.45, 2.75) is 13.3 Å². The zero-order valence-electron chi connectivity index (χ0n) is 10.9. The third-order valence-corrected chi connectivity index (χ3v) is 2.29. The Hall–Kier alpha value is -2.31. The van der Waals surface area contributed by atoms with Crippen LogP contribution in [0, 0.1) is 0 Å². The minimum absolute atomic E-state index is 0.284. The average molecular weight is 265 g/mol. The molecule has 0 aliphatic heterocycles. The number of rotatable bonds is 7. The fourth-order valence-corrected chi connectivity index (χ4v) is 1.35. The van der Waals surface area contributed by atoms with Gasteiger partial charge < -0.3 is 21.7 Å². The molecular formula is C12H19N5O2. The van der Waals surface area contributed by atoms with Gasteiger partial charge in [-0.25, -0.2) is 9.78 Å². The van der Waals surface area contributed by atoms with Gasteiger partial charge in [0.1, 0.15) is 5.69 Å². The molecular weight excluding hydrogens is 246 g/mol. The summed E-state index contributed by atoms with van der Waals surface area (Å²) in [5, 5.41) is 8.17. The molecule has 7 nitrogen and oxygen atoms in total. The Labute approximate surface area is 112 Å². The first kappa shape index (κ1) is 14.7. The molecule has 5 N–H and O–H groups in total. The number of carbonyl (C=O) groups is 2. The monoisotopic (exact) mass is 265 g/mol. The minimum atomic E-state index is -0.612. The molecule has 0 saturated heterocycles. The molecule has 1 aromatic rings. The van der Waals surface area contributed by atoms with Gasteiger partial charge in [0.25, 0.3) is 5.91 Å². The number of aromatic nitrogens is 1. The van der Waals surface area contributed by atoms with Crippen LogP contribution in [0.15, 0.2) is 18.3 Å². The molecule has 1 heterocycles. The Balaban J connectivity index is 2.37. The maximum absolute atomic E-state index is 11.7. The van der Waals surface area contributed by atoms with E-state index in [2.05, 4.69) is 27.9 Å². The number of carbonyl (C=O) groups excluding carboxylic acids is 2. The minimum Gasteiger partial charge on any atom is -0.384 e. The summed E-state index contributed by atoms with van der Waals surface area (Å²) in [7, 11) is 0. The quantitative estimate of drug-likeness (QED) is 0.532. The summed E-state index contributed by atoms with van der Waals surface area (Å²) in [5.74, 6) is -0.284. The van der Waals surface area contributed by atoms with Gasteiger partial charge in [0.2, 0.25) is 0 Å². The molecule has 1 aromatic heterocycles. The first-order valence-electron chi connectivity index (χ1n) is 6.15. The van der Waals surface area contributed by atoms with E-state index in [1.165, 1.54) is 0 Å². The van der Waals surface area contributed by atoms with Crippen molar-refractivity contribution in [1.82, 2.24) is 15.6 Å². The van der Waals surface area contributed by atoms with Crippen molar-refractivity contribution >= 4 is 17.6 Å². The molecule has 0 unspecified atom stereocenters. The van der Waals surface area contributed by atoms with Crippen molar-refractivity contribution in [2.24, 2.45) is 5.73 Å². The van der Waals surface area contributed by atoms with Crippen LogP contribution >= 0.6 is 0 Å². The van der Waals surface area contributed by atoms with E-state index in [0.29, 0.717) is 12.2 Å². The summed E-state index contributed by atoms with van der Waals surface area (Å²) < 4.78 is 0. The second-order valence-electron chi connectivity index (χ2n) is 3.91. The van der Waals surface area contributed by atoms with Crippen LogP contribution in [0.2, 0.25) is 0 Å². The molecule has 104 valence electrons. The molecule has 0 aliphatic rings. The number of amides is 3. The Morgan fingerprint density at radius 2 is 1.95 bits per heavy atom. The number of hydrogen-bond acceptors (Lipinski definition) is 4. The van der Waals surface area contributed by atoms with Gasteiger partial charge in [-0.2, -0.15) is 0 Å². The number of nitrogens with two attached hydrogens (primary N) is 1. The van der Waals surface area contributed by atoms with Crippen molar-refractivity contribution < 1.29 is 9.59 Å². The summed E-state index contributed by atoms with van der Waals surface area (Å²) in [6, 6.07) is 2.84. The van der Waals surface area contributed by atoms with Crippen LogP contribution in [0.25, 0.3) is 0 Å². The second kappa shape index (κ2) is 7.91. The fourth-order valence-electron chi connectivity index (χ4n) is 1.35. The molecule has 3 amide bonds. The molecule has 0 spiro atoms. The Morgan fingerprint density at radius 1 is 1.21 bits per heavy atom. The largest absolute Gasteiger partial charge is 0.384 e. The predicted octanol–water partition coefficient (Wildman–Crippen LogP) is 0.302. The maximum atomic E-state index is 11.7. The summed E-state index contributed by atoms with van der Waals surface area (Å²) in [6.45, 7) is 3.53. The third-order valence-electron chi connectivity index (χ3n) is 2.29. The van der Waals surface area contributed by atoms with Crippen LogP contribution < -0.4 is 21.7 Å². The Bertz CT molecular complexity index is 419. The van der Waals surface area contributed by atoms with E-state index in [-0.39, 0.29) is 12.5 Å². The van der Waals surface area contributed by atoms with Gasteiger partial charge in [-0.3, -0.25) is 4.79 Å². The highest BCUT2D eigenvalue weighted by Crippen LogP contribution is 2.05. The highest BCUT2D eigenvalue weighted by atomic mass is 16.2. The van der Waals surface area contributed by atoms with E-state index >= 15 is 0 Å². The maximum Gasteiger partial charge on any atom is 0.312 e. The standard InChI is InChI=1S/C12H19N5O2/c1-2-5-14-9-3-4-10(17-8-9)11(18)15-6-7-16-12(13)19/h3-4,8,14H,2,5-7H2,1H3,(H,15,18)(H3,13,16,19). The van der Waals surface area contributed by atoms with E-state index in [4.69, 9.17) is 5.73 Å². The van der Waals surface area contributed by atoms with E-state index < -0.39 is 6.03 Å².